The van der Waals surface area contributed by atoms with Crippen molar-refractivity contribution in [1.82, 2.24) is 14.9 Å². The normalized spacial score (nSPS) is 15.3. The van der Waals surface area contributed by atoms with Crippen LogP contribution in [0, 0.1) is 11.8 Å². The van der Waals surface area contributed by atoms with Crippen molar-refractivity contribution in [2.75, 3.05) is 27.3 Å². The summed E-state index contributed by atoms with van der Waals surface area (Å²) >= 11 is 0. The Balaban J connectivity index is 1.73. The second-order valence-electron chi connectivity index (χ2n) is 9.17. The van der Waals surface area contributed by atoms with Crippen molar-refractivity contribution in [3.63, 3.8) is 0 Å². The lowest BCUT2D eigenvalue weighted by Gasteiger charge is -2.26. The van der Waals surface area contributed by atoms with Crippen LogP contribution in [-0.4, -0.2) is 52.9 Å². The van der Waals surface area contributed by atoms with Crippen molar-refractivity contribution in [2.45, 2.75) is 44.8 Å². The third-order valence-corrected chi connectivity index (χ3v) is 5.66. The van der Waals surface area contributed by atoms with Crippen LogP contribution in [0.25, 0.3) is 22.2 Å². The van der Waals surface area contributed by atoms with Gasteiger partial charge in [0.15, 0.2) is 0 Å². The highest BCUT2D eigenvalue weighted by molar-refractivity contribution is 5.87. The lowest BCUT2D eigenvalue weighted by molar-refractivity contribution is 0.0850. The van der Waals surface area contributed by atoms with Gasteiger partial charge in [0.05, 0.1) is 5.56 Å². The molecule has 1 aliphatic rings. The molecule has 31 heavy (non-hydrogen) atoms. The van der Waals surface area contributed by atoms with Crippen LogP contribution in [0.5, 0.6) is 0 Å². The molecule has 1 saturated heterocycles. The van der Waals surface area contributed by atoms with E-state index in [-0.39, 0.29) is 0 Å². The van der Waals surface area contributed by atoms with Crippen molar-refractivity contribution in [1.29, 1.82) is 0 Å². The van der Waals surface area contributed by atoms with Gasteiger partial charge in [-0.15, -0.1) is 0 Å². The number of rotatable bonds is 4. The number of aromatic amines is 1. The fraction of sp³-hybridized carbons (Fsp3) is 0.423. The van der Waals surface area contributed by atoms with Crippen LogP contribution < -0.4 is 0 Å². The summed E-state index contributed by atoms with van der Waals surface area (Å²) < 4.78 is 5.57. The van der Waals surface area contributed by atoms with Gasteiger partial charge in [-0.25, -0.2) is 4.98 Å². The molecule has 0 unspecified atom stereocenters. The van der Waals surface area contributed by atoms with Crippen LogP contribution in [0.15, 0.2) is 36.7 Å². The van der Waals surface area contributed by atoms with Crippen LogP contribution in [0.1, 0.15) is 49.3 Å². The van der Waals surface area contributed by atoms with Crippen LogP contribution in [0.4, 0.5) is 0 Å². The average Bonchev–Trinajstić information content (AvgIpc) is 3.14. The standard InChI is InChI=1S/C26H31N3O2/c1-26(2,30)10-7-20-15-27-25-24(20)14-21(16-28-25)19-5-6-23(18-8-11-31-12-9-18)22(13-19)17-29(3)4/h5-6,13-16,18,30H,8-9,11-12,17H2,1-4H3,(H,27,28). The Kier molecular flexibility index (Phi) is 6.15. The number of aliphatic hydroxyl groups is 1. The summed E-state index contributed by atoms with van der Waals surface area (Å²) in [6, 6.07) is 8.95. The van der Waals surface area contributed by atoms with E-state index in [9.17, 15) is 5.11 Å². The molecule has 4 rings (SSSR count). The van der Waals surface area contributed by atoms with Gasteiger partial charge in [-0.3, -0.25) is 0 Å². The summed E-state index contributed by atoms with van der Waals surface area (Å²) in [6.45, 7) is 5.96. The number of nitrogens with zero attached hydrogens (tertiary/aromatic N) is 2. The quantitative estimate of drug-likeness (QED) is 0.621. The van der Waals surface area contributed by atoms with Gasteiger partial charge in [0.2, 0.25) is 0 Å². The van der Waals surface area contributed by atoms with Gasteiger partial charge >= 0.3 is 0 Å². The molecule has 0 bridgehead atoms. The van der Waals surface area contributed by atoms with Crippen LogP contribution in [0.2, 0.25) is 0 Å². The molecule has 0 aliphatic carbocycles. The molecule has 2 aromatic heterocycles. The molecule has 0 saturated carbocycles. The zero-order chi connectivity index (χ0) is 22.0. The smallest absolute Gasteiger partial charge is 0.138 e. The maximum absolute atomic E-state index is 9.95. The molecule has 1 aromatic carbocycles. The second kappa shape index (κ2) is 8.84. The Morgan fingerprint density at radius 2 is 1.97 bits per heavy atom. The van der Waals surface area contributed by atoms with E-state index in [1.54, 1.807) is 13.8 Å². The molecule has 5 heteroatoms. The Labute approximate surface area is 184 Å². The lowest BCUT2D eigenvalue weighted by Crippen LogP contribution is -2.18. The second-order valence-corrected chi connectivity index (χ2v) is 9.17. The molecule has 1 aliphatic heterocycles. The third kappa shape index (κ3) is 5.16. The molecule has 0 atom stereocenters. The highest BCUT2D eigenvalue weighted by Crippen LogP contribution is 2.33. The maximum atomic E-state index is 9.95. The number of fused-ring (bicyclic) bond motifs is 1. The number of hydrogen-bond donors (Lipinski definition) is 2. The number of ether oxygens (including phenoxy) is 1. The first kappa shape index (κ1) is 21.6. The SMILES string of the molecule is CN(C)Cc1cc(-c2cnc3[nH]cc(C#CC(C)(C)O)c3c2)ccc1C1CCOCC1. The van der Waals surface area contributed by atoms with Gasteiger partial charge in [0, 0.05) is 43.1 Å². The first-order chi connectivity index (χ1) is 14.8. The highest BCUT2D eigenvalue weighted by Gasteiger charge is 2.20. The largest absolute Gasteiger partial charge is 0.381 e. The summed E-state index contributed by atoms with van der Waals surface area (Å²) in [5, 5.41) is 10.9. The first-order valence-electron chi connectivity index (χ1n) is 10.9. The van der Waals surface area contributed by atoms with Crippen molar-refractivity contribution in [3.8, 4) is 23.0 Å². The monoisotopic (exact) mass is 417 g/mol. The molecule has 5 nitrogen and oxygen atoms in total. The number of hydrogen-bond acceptors (Lipinski definition) is 4. The lowest BCUT2D eigenvalue weighted by atomic mass is 9.86. The van der Waals surface area contributed by atoms with Crippen molar-refractivity contribution in [3.05, 3.63) is 53.3 Å². The predicted octanol–water partition coefficient (Wildman–Crippen LogP) is 4.31. The minimum Gasteiger partial charge on any atom is -0.381 e. The van der Waals surface area contributed by atoms with Crippen molar-refractivity contribution < 1.29 is 9.84 Å². The van der Waals surface area contributed by atoms with Gasteiger partial charge in [-0.1, -0.05) is 24.0 Å². The van der Waals surface area contributed by atoms with Crippen molar-refractivity contribution in [2.24, 2.45) is 0 Å². The van der Waals surface area contributed by atoms with Gasteiger partial charge in [0.25, 0.3) is 0 Å². The van der Waals surface area contributed by atoms with E-state index in [0.29, 0.717) is 5.92 Å². The van der Waals surface area contributed by atoms with E-state index < -0.39 is 5.60 Å². The Hall–Kier alpha value is -2.65. The highest BCUT2D eigenvalue weighted by atomic mass is 16.5. The van der Waals surface area contributed by atoms with Gasteiger partial charge in [0.1, 0.15) is 11.2 Å². The first-order valence-corrected chi connectivity index (χ1v) is 10.9. The predicted molar refractivity (Wildman–Crippen MR) is 125 cm³/mol. The third-order valence-electron chi connectivity index (χ3n) is 5.66. The Bertz CT molecular complexity index is 1120. The fourth-order valence-corrected chi connectivity index (χ4v) is 4.15. The van der Waals surface area contributed by atoms with Crippen molar-refractivity contribution >= 4 is 11.0 Å². The summed E-state index contributed by atoms with van der Waals surface area (Å²) in [4.78, 5) is 10.0. The van der Waals surface area contributed by atoms with E-state index in [4.69, 9.17) is 4.74 Å². The number of pyridine rings is 1. The molecule has 0 amide bonds. The fourth-order valence-electron chi connectivity index (χ4n) is 4.15. The van der Waals surface area contributed by atoms with Gasteiger partial charge in [-0.05, 0) is 75.5 Å². The average molecular weight is 418 g/mol. The zero-order valence-corrected chi connectivity index (χ0v) is 18.8. The Morgan fingerprint density at radius 1 is 1.19 bits per heavy atom. The van der Waals surface area contributed by atoms with E-state index in [0.717, 1.165) is 60.3 Å². The molecule has 1 fully saturated rings. The topological polar surface area (TPSA) is 61.4 Å². The van der Waals surface area contributed by atoms with E-state index in [1.165, 1.54) is 11.1 Å². The summed E-state index contributed by atoms with van der Waals surface area (Å²) in [6.07, 6.45) is 5.93. The molecule has 162 valence electrons. The molecule has 0 radical (unpaired) electrons. The van der Waals surface area contributed by atoms with E-state index >= 15 is 0 Å². The molecule has 3 aromatic rings. The van der Waals surface area contributed by atoms with Crippen LogP contribution >= 0.6 is 0 Å². The van der Waals surface area contributed by atoms with Crippen LogP contribution in [0.3, 0.4) is 0 Å². The molecule has 0 spiro atoms. The minimum absolute atomic E-state index is 0.562. The number of H-pyrrole nitrogens is 1. The maximum Gasteiger partial charge on any atom is 0.138 e. The van der Waals surface area contributed by atoms with E-state index in [2.05, 4.69) is 65.1 Å². The summed E-state index contributed by atoms with van der Waals surface area (Å²) in [5.74, 6) is 6.54. The molecule has 3 heterocycles. The zero-order valence-electron chi connectivity index (χ0n) is 18.8. The minimum atomic E-state index is -1.03. The van der Waals surface area contributed by atoms with Crippen LogP contribution in [-0.2, 0) is 11.3 Å². The number of benzene rings is 1. The molecular weight excluding hydrogens is 386 g/mol. The van der Waals surface area contributed by atoms with E-state index in [1.807, 2.05) is 12.4 Å². The number of nitrogens with one attached hydrogen (secondary N) is 1. The van der Waals surface area contributed by atoms with Gasteiger partial charge < -0.3 is 19.7 Å². The number of aromatic nitrogens is 2. The molecule has 2 N–H and O–H groups in total. The Morgan fingerprint density at radius 3 is 2.68 bits per heavy atom. The summed E-state index contributed by atoms with van der Waals surface area (Å²) in [5.41, 5.74) is 5.64. The molecular formula is C26H31N3O2. The van der Waals surface area contributed by atoms with Gasteiger partial charge in [-0.2, -0.15) is 0 Å². The summed E-state index contributed by atoms with van der Waals surface area (Å²) in [7, 11) is 4.23.